The second kappa shape index (κ2) is 4.16. The molecule has 0 amide bonds. The van der Waals surface area contributed by atoms with E-state index in [1.54, 1.807) is 0 Å². The van der Waals surface area contributed by atoms with E-state index in [0.29, 0.717) is 0 Å². The predicted octanol–water partition coefficient (Wildman–Crippen LogP) is 2.37. The lowest BCUT2D eigenvalue weighted by molar-refractivity contribution is -0.150. The number of carbonyl (C=O) groups excluding carboxylic acids is 1. The van der Waals surface area contributed by atoms with Crippen LogP contribution in [0.15, 0.2) is 0 Å². The van der Waals surface area contributed by atoms with Crippen molar-refractivity contribution < 1.29 is 18.8 Å². The van der Waals surface area contributed by atoms with Crippen LogP contribution in [0, 0.1) is 0 Å². The summed E-state index contributed by atoms with van der Waals surface area (Å²) in [4.78, 5) is 8.58. The number of alkyl halides is 1. The molecule has 0 spiro atoms. The molecule has 0 fully saturated rings. The zero-order chi connectivity index (χ0) is 9.99. The summed E-state index contributed by atoms with van der Waals surface area (Å²) in [7, 11) is 2.09. The Kier molecular flexibility index (Phi) is 4.34. The Morgan fingerprint density at radius 3 is 1.92 bits per heavy atom. The Hall–Kier alpha value is 0.530. The quantitative estimate of drug-likeness (QED) is 0.441. The van der Waals surface area contributed by atoms with Gasteiger partial charge >= 0.3 is 16.6 Å². The van der Waals surface area contributed by atoms with E-state index in [4.69, 9.17) is 34.1 Å². The molecule has 0 saturated heterocycles. The Morgan fingerprint density at radius 2 is 1.83 bits per heavy atom. The molecule has 1 unspecified atom stereocenters. The normalized spacial score (nSPS) is 16.8. The lowest BCUT2D eigenvalue weighted by atomic mass is 10.7. The van der Waals surface area contributed by atoms with Gasteiger partial charge in [-0.3, -0.25) is 4.57 Å². The van der Waals surface area contributed by atoms with Crippen molar-refractivity contribution >= 4 is 45.9 Å². The van der Waals surface area contributed by atoms with Crippen LogP contribution in [0.4, 0.5) is 0 Å². The SMILES string of the molecule is COC(=O)C(Cl)(OC)P(=O)(Cl)Cl. The third-order valence-corrected chi connectivity index (χ3v) is 5.05. The largest absolute Gasteiger partial charge is 0.465 e. The van der Waals surface area contributed by atoms with Gasteiger partial charge in [0.1, 0.15) is 0 Å². The first kappa shape index (κ1) is 12.5. The molecule has 0 aromatic heterocycles. The van der Waals surface area contributed by atoms with Gasteiger partial charge in [-0.2, -0.15) is 0 Å². The zero-order valence-electron chi connectivity index (χ0n) is 6.21. The van der Waals surface area contributed by atoms with Crippen LogP contribution in [0.3, 0.4) is 0 Å². The fourth-order valence-corrected chi connectivity index (χ4v) is 1.84. The van der Waals surface area contributed by atoms with Crippen LogP contribution >= 0.6 is 39.9 Å². The van der Waals surface area contributed by atoms with Crippen molar-refractivity contribution in [3.63, 3.8) is 0 Å². The molecule has 0 radical (unpaired) electrons. The van der Waals surface area contributed by atoms with Gasteiger partial charge in [-0.05, 0) is 22.5 Å². The molecule has 0 saturated carbocycles. The summed E-state index contributed by atoms with van der Waals surface area (Å²) in [6, 6.07) is 0. The summed E-state index contributed by atoms with van der Waals surface area (Å²) in [5.74, 6) is -5.04. The first-order valence-corrected chi connectivity index (χ1v) is 6.51. The van der Waals surface area contributed by atoms with Crippen LogP contribution in [-0.2, 0) is 18.8 Å². The summed E-state index contributed by atoms with van der Waals surface area (Å²) >= 11 is 15.8. The first-order chi connectivity index (χ1) is 5.29. The van der Waals surface area contributed by atoms with E-state index in [9.17, 15) is 9.36 Å². The van der Waals surface area contributed by atoms with E-state index in [1.807, 2.05) is 0 Å². The van der Waals surface area contributed by atoms with Crippen LogP contribution in [0.5, 0.6) is 0 Å². The predicted molar refractivity (Wildman–Crippen MR) is 46.9 cm³/mol. The molecule has 0 aliphatic rings. The molecule has 8 heteroatoms. The summed E-state index contributed by atoms with van der Waals surface area (Å²) in [5.41, 5.74) is 0. The molecule has 4 nitrogen and oxygen atoms in total. The van der Waals surface area contributed by atoms with Crippen molar-refractivity contribution in [2.24, 2.45) is 0 Å². The number of hydrogen-bond donors (Lipinski definition) is 0. The maximum absolute atomic E-state index is 11.0. The van der Waals surface area contributed by atoms with Gasteiger partial charge in [0, 0.05) is 7.11 Å². The van der Waals surface area contributed by atoms with Crippen LogP contribution in [-0.4, -0.2) is 25.0 Å². The summed E-state index contributed by atoms with van der Waals surface area (Å²) < 4.78 is 19.7. The molecule has 0 aliphatic carbocycles. The first-order valence-electron chi connectivity index (χ1n) is 2.61. The minimum atomic E-state index is -3.95. The maximum atomic E-state index is 11.0. The van der Waals surface area contributed by atoms with Crippen molar-refractivity contribution in [1.29, 1.82) is 0 Å². The number of ether oxygens (including phenoxy) is 2. The van der Waals surface area contributed by atoms with E-state index in [2.05, 4.69) is 9.47 Å². The van der Waals surface area contributed by atoms with Crippen LogP contribution in [0.25, 0.3) is 0 Å². The Labute approximate surface area is 84.0 Å². The topological polar surface area (TPSA) is 52.6 Å². The number of hydrogen-bond acceptors (Lipinski definition) is 4. The van der Waals surface area contributed by atoms with Gasteiger partial charge in [-0.15, -0.1) is 0 Å². The minimum absolute atomic E-state index is 1.04. The fraction of sp³-hybridized carbons (Fsp3) is 0.750. The molecule has 0 aromatic carbocycles. The number of methoxy groups -OCH3 is 2. The molecule has 72 valence electrons. The van der Waals surface area contributed by atoms with Gasteiger partial charge < -0.3 is 9.47 Å². The van der Waals surface area contributed by atoms with Crippen molar-refractivity contribution in [3.8, 4) is 0 Å². The molecule has 0 aromatic rings. The maximum Gasteiger partial charge on any atom is 0.364 e. The summed E-state index contributed by atoms with van der Waals surface area (Å²) in [6.45, 7) is 0. The van der Waals surface area contributed by atoms with Gasteiger partial charge in [-0.1, -0.05) is 11.6 Å². The molecule has 0 bridgehead atoms. The number of rotatable bonds is 3. The van der Waals surface area contributed by atoms with E-state index in [1.165, 1.54) is 0 Å². The number of carbonyl (C=O) groups is 1. The molecular weight excluding hydrogens is 249 g/mol. The van der Waals surface area contributed by atoms with E-state index >= 15 is 0 Å². The monoisotopic (exact) mass is 254 g/mol. The standard InChI is InChI=1S/C4H6Cl3O4P/c1-10-3(8)4(5,11-2)12(6,7)9/h1-2H3. The van der Waals surface area contributed by atoms with Gasteiger partial charge in [-0.25, -0.2) is 4.79 Å². The molecule has 12 heavy (non-hydrogen) atoms. The van der Waals surface area contributed by atoms with E-state index < -0.39 is 16.6 Å². The lowest BCUT2D eigenvalue weighted by Gasteiger charge is -2.22. The third kappa shape index (κ3) is 2.27. The minimum Gasteiger partial charge on any atom is -0.465 e. The Morgan fingerprint density at radius 1 is 1.42 bits per heavy atom. The van der Waals surface area contributed by atoms with Crippen molar-refractivity contribution in [1.82, 2.24) is 0 Å². The molecule has 0 rings (SSSR count). The van der Waals surface area contributed by atoms with Gasteiger partial charge in [0.05, 0.1) is 7.11 Å². The molecule has 1 atom stereocenters. The lowest BCUT2D eigenvalue weighted by Crippen LogP contribution is -2.32. The Bertz CT molecular complexity index is 226. The summed E-state index contributed by atoms with van der Waals surface area (Å²) in [6.07, 6.45) is 0. The van der Waals surface area contributed by atoms with E-state index in [-0.39, 0.29) is 0 Å². The summed E-state index contributed by atoms with van der Waals surface area (Å²) in [5, 5.41) is 0. The number of esters is 1. The van der Waals surface area contributed by atoms with Crippen LogP contribution in [0.2, 0.25) is 0 Å². The highest BCUT2D eigenvalue weighted by molar-refractivity contribution is 8.10. The second-order valence-electron chi connectivity index (χ2n) is 1.72. The fourth-order valence-electron chi connectivity index (χ4n) is 0.422. The molecular formula is C4H6Cl3O4P. The van der Waals surface area contributed by atoms with E-state index in [0.717, 1.165) is 14.2 Å². The molecule has 0 N–H and O–H groups in total. The molecule has 0 aliphatic heterocycles. The zero-order valence-corrected chi connectivity index (χ0v) is 9.38. The second-order valence-corrected chi connectivity index (χ2v) is 7.44. The van der Waals surface area contributed by atoms with Gasteiger partial charge in [0.15, 0.2) is 0 Å². The molecule has 0 heterocycles. The number of halogens is 3. The van der Waals surface area contributed by atoms with Crippen molar-refractivity contribution in [2.75, 3.05) is 14.2 Å². The highest BCUT2D eigenvalue weighted by atomic mass is 35.9. The highest BCUT2D eigenvalue weighted by Gasteiger charge is 2.53. The van der Waals surface area contributed by atoms with Crippen molar-refractivity contribution in [2.45, 2.75) is 4.80 Å². The van der Waals surface area contributed by atoms with Gasteiger partial charge in [0.25, 0.3) is 0 Å². The van der Waals surface area contributed by atoms with Crippen molar-refractivity contribution in [3.05, 3.63) is 0 Å². The Balaban J connectivity index is 4.94. The van der Waals surface area contributed by atoms with Crippen LogP contribution < -0.4 is 0 Å². The van der Waals surface area contributed by atoms with Crippen LogP contribution in [0.1, 0.15) is 0 Å². The van der Waals surface area contributed by atoms with Gasteiger partial charge in [0.2, 0.25) is 0 Å². The third-order valence-electron chi connectivity index (χ3n) is 1.04. The average molecular weight is 255 g/mol. The smallest absolute Gasteiger partial charge is 0.364 e. The highest BCUT2D eigenvalue weighted by Crippen LogP contribution is 2.69. The average Bonchev–Trinajstić information content (AvgIpc) is 1.99.